The van der Waals surface area contributed by atoms with E-state index in [4.69, 9.17) is 5.11 Å². The topological polar surface area (TPSA) is 93.3 Å². The number of aromatic carboxylic acids is 1. The molecule has 7 heteroatoms. The molecule has 0 aliphatic heterocycles. The molecule has 0 bridgehead atoms. The van der Waals surface area contributed by atoms with Crippen LogP contribution >= 0.6 is 11.5 Å². The minimum Gasteiger partial charge on any atom is -0.476 e. The first kappa shape index (κ1) is 10.5. The van der Waals surface area contributed by atoms with Crippen LogP contribution in [-0.4, -0.2) is 20.4 Å². The second-order valence-electron chi connectivity index (χ2n) is 3.20. The van der Waals surface area contributed by atoms with Crippen molar-refractivity contribution < 1.29 is 14.8 Å². The molecule has 0 amide bonds. The zero-order chi connectivity index (χ0) is 11.9. The fourth-order valence-corrected chi connectivity index (χ4v) is 2.28. The lowest BCUT2D eigenvalue weighted by Crippen LogP contribution is -2.00. The smallest absolute Gasteiger partial charge is 0.356 e. The standard InChI is InChI=1S/C9H6N2O4S/c1-4-2-3-5-6(8(4)11(14)15)7(9(12)13)10-16-5/h2-3H,1H3,(H,12,13). The molecule has 2 rings (SSSR count). The predicted octanol–water partition coefficient (Wildman–Crippen LogP) is 2.21. The quantitative estimate of drug-likeness (QED) is 0.639. The number of carbonyl (C=O) groups is 1. The third kappa shape index (κ3) is 1.41. The van der Waals surface area contributed by atoms with Crippen molar-refractivity contribution in [2.75, 3.05) is 0 Å². The van der Waals surface area contributed by atoms with E-state index in [1.165, 1.54) is 0 Å². The van der Waals surface area contributed by atoms with Crippen LogP contribution in [0.25, 0.3) is 10.1 Å². The van der Waals surface area contributed by atoms with Gasteiger partial charge in [0.05, 0.1) is 9.62 Å². The van der Waals surface area contributed by atoms with Gasteiger partial charge in [0.25, 0.3) is 5.69 Å². The van der Waals surface area contributed by atoms with E-state index >= 15 is 0 Å². The maximum absolute atomic E-state index is 10.9. The Kier molecular flexibility index (Phi) is 2.31. The Labute approximate surface area is 93.5 Å². The van der Waals surface area contributed by atoms with Gasteiger partial charge in [-0.3, -0.25) is 10.1 Å². The average molecular weight is 238 g/mol. The lowest BCUT2D eigenvalue weighted by molar-refractivity contribution is -0.383. The Hall–Kier alpha value is -2.02. The molecule has 0 aliphatic carbocycles. The molecule has 0 spiro atoms. The van der Waals surface area contributed by atoms with Crippen molar-refractivity contribution in [2.45, 2.75) is 6.92 Å². The van der Waals surface area contributed by atoms with E-state index in [1.54, 1.807) is 19.1 Å². The first-order valence-corrected chi connectivity index (χ1v) is 5.06. The summed E-state index contributed by atoms with van der Waals surface area (Å²) in [6.07, 6.45) is 0. The van der Waals surface area contributed by atoms with Crippen LogP contribution in [0.4, 0.5) is 5.69 Å². The van der Waals surface area contributed by atoms with Gasteiger partial charge >= 0.3 is 5.97 Å². The van der Waals surface area contributed by atoms with Crippen molar-refractivity contribution in [3.05, 3.63) is 33.5 Å². The van der Waals surface area contributed by atoms with Crippen LogP contribution in [0.3, 0.4) is 0 Å². The monoisotopic (exact) mass is 238 g/mol. The van der Waals surface area contributed by atoms with Crippen molar-refractivity contribution in [3.63, 3.8) is 0 Å². The number of carboxylic acid groups (broad SMARTS) is 1. The Morgan fingerprint density at radius 3 is 2.81 bits per heavy atom. The van der Waals surface area contributed by atoms with Gasteiger partial charge < -0.3 is 5.11 Å². The molecule has 1 heterocycles. The maximum Gasteiger partial charge on any atom is 0.356 e. The summed E-state index contributed by atoms with van der Waals surface area (Å²) in [7, 11) is 0. The highest BCUT2D eigenvalue weighted by Crippen LogP contribution is 2.34. The SMILES string of the molecule is Cc1ccc2snc(C(=O)O)c2c1[N+](=O)[O-]. The number of aromatic nitrogens is 1. The molecule has 0 unspecified atom stereocenters. The van der Waals surface area contributed by atoms with E-state index in [2.05, 4.69) is 4.37 Å². The fourth-order valence-electron chi connectivity index (χ4n) is 1.50. The van der Waals surface area contributed by atoms with Crippen molar-refractivity contribution in [3.8, 4) is 0 Å². The number of carboxylic acids is 1. The predicted molar refractivity (Wildman–Crippen MR) is 58.0 cm³/mol. The summed E-state index contributed by atoms with van der Waals surface area (Å²) in [5, 5.41) is 19.9. The molecule has 1 aromatic carbocycles. The summed E-state index contributed by atoms with van der Waals surface area (Å²) in [6.45, 7) is 1.57. The Morgan fingerprint density at radius 1 is 1.56 bits per heavy atom. The summed E-state index contributed by atoms with van der Waals surface area (Å²) in [5.74, 6) is -1.25. The van der Waals surface area contributed by atoms with Gasteiger partial charge in [-0.15, -0.1) is 0 Å². The van der Waals surface area contributed by atoms with Gasteiger partial charge in [-0.1, -0.05) is 6.07 Å². The molecular formula is C9H6N2O4S. The zero-order valence-electron chi connectivity index (χ0n) is 8.13. The van der Waals surface area contributed by atoms with Crippen LogP contribution in [0.1, 0.15) is 16.1 Å². The number of benzene rings is 1. The van der Waals surface area contributed by atoms with Crippen LogP contribution in [0.15, 0.2) is 12.1 Å². The Bertz CT molecular complexity index is 605. The van der Waals surface area contributed by atoms with E-state index in [0.29, 0.717) is 10.3 Å². The molecule has 0 radical (unpaired) electrons. The van der Waals surface area contributed by atoms with Crippen LogP contribution in [0.5, 0.6) is 0 Å². The largest absolute Gasteiger partial charge is 0.476 e. The molecule has 82 valence electrons. The number of hydrogen-bond acceptors (Lipinski definition) is 5. The molecule has 16 heavy (non-hydrogen) atoms. The van der Waals surface area contributed by atoms with Gasteiger partial charge in [0.2, 0.25) is 0 Å². The molecule has 1 N–H and O–H groups in total. The summed E-state index contributed by atoms with van der Waals surface area (Å²) < 4.78 is 4.23. The molecule has 0 saturated carbocycles. The lowest BCUT2D eigenvalue weighted by atomic mass is 10.1. The number of aryl methyl sites for hydroxylation is 1. The second kappa shape index (κ2) is 3.53. The minimum atomic E-state index is -1.25. The van der Waals surface area contributed by atoms with E-state index in [-0.39, 0.29) is 16.8 Å². The lowest BCUT2D eigenvalue weighted by Gasteiger charge is -1.98. The van der Waals surface area contributed by atoms with Crippen LogP contribution in [-0.2, 0) is 0 Å². The van der Waals surface area contributed by atoms with Gasteiger partial charge in [-0.2, -0.15) is 4.37 Å². The molecule has 1 aromatic heterocycles. The number of nitro groups is 1. The number of rotatable bonds is 2. The zero-order valence-corrected chi connectivity index (χ0v) is 8.95. The van der Waals surface area contributed by atoms with Crippen LogP contribution in [0.2, 0.25) is 0 Å². The van der Waals surface area contributed by atoms with E-state index < -0.39 is 10.9 Å². The van der Waals surface area contributed by atoms with E-state index in [1.807, 2.05) is 0 Å². The van der Waals surface area contributed by atoms with Crippen molar-refractivity contribution in [1.82, 2.24) is 4.37 Å². The molecular weight excluding hydrogens is 232 g/mol. The highest BCUT2D eigenvalue weighted by Gasteiger charge is 2.24. The van der Waals surface area contributed by atoms with Crippen molar-refractivity contribution in [2.24, 2.45) is 0 Å². The highest BCUT2D eigenvalue weighted by molar-refractivity contribution is 7.13. The normalized spacial score (nSPS) is 10.6. The van der Waals surface area contributed by atoms with Crippen molar-refractivity contribution in [1.29, 1.82) is 0 Å². The molecule has 0 saturated heterocycles. The van der Waals surface area contributed by atoms with Gasteiger partial charge in [0, 0.05) is 5.56 Å². The molecule has 6 nitrogen and oxygen atoms in total. The third-order valence-electron chi connectivity index (χ3n) is 2.20. The molecule has 2 aromatic rings. The summed E-state index contributed by atoms with van der Waals surface area (Å²) >= 11 is 0.947. The number of nitrogens with zero attached hydrogens (tertiary/aromatic N) is 2. The molecule has 0 atom stereocenters. The fraction of sp³-hybridized carbons (Fsp3) is 0.111. The first-order chi connectivity index (χ1) is 7.52. The minimum absolute atomic E-state index is 0.113. The number of hydrogen-bond donors (Lipinski definition) is 1. The Balaban J connectivity index is 2.93. The van der Waals surface area contributed by atoms with Gasteiger partial charge in [0.15, 0.2) is 5.69 Å². The molecule has 0 aliphatic rings. The van der Waals surface area contributed by atoms with Gasteiger partial charge in [-0.05, 0) is 24.5 Å². The number of nitro benzene ring substituents is 1. The third-order valence-corrected chi connectivity index (χ3v) is 3.01. The van der Waals surface area contributed by atoms with E-state index in [0.717, 1.165) is 11.5 Å². The van der Waals surface area contributed by atoms with Gasteiger partial charge in [-0.25, -0.2) is 4.79 Å². The summed E-state index contributed by atoms with van der Waals surface area (Å²) in [6, 6.07) is 3.23. The number of fused-ring (bicyclic) bond motifs is 1. The maximum atomic E-state index is 10.9. The average Bonchev–Trinajstić information content (AvgIpc) is 2.60. The summed E-state index contributed by atoms with van der Waals surface area (Å²) in [5.41, 5.74) is -0.000694. The summed E-state index contributed by atoms with van der Waals surface area (Å²) in [4.78, 5) is 21.2. The first-order valence-electron chi connectivity index (χ1n) is 4.29. The second-order valence-corrected chi connectivity index (χ2v) is 4.00. The highest BCUT2D eigenvalue weighted by atomic mass is 32.1. The molecule has 0 fully saturated rings. The van der Waals surface area contributed by atoms with E-state index in [9.17, 15) is 14.9 Å². The van der Waals surface area contributed by atoms with Crippen LogP contribution in [0, 0.1) is 17.0 Å². The van der Waals surface area contributed by atoms with Crippen LogP contribution < -0.4 is 0 Å². The van der Waals surface area contributed by atoms with Crippen molar-refractivity contribution >= 4 is 33.3 Å². The van der Waals surface area contributed by atoms with Gasteiger partial charge in [0.1, 0.15) is 5.39 Å². The Morgan fingerprint density at radius 2 is 2.25 bits per heavy atom.